The van der Waals surface area contributed by atoms with Crippen LogP contribution in [0.25, 0.3) is 0 Å². The average Bonchev–Trinajstić information content (AvgIpc) is 1.62. The first-order valence-corrected chi connectivity index (χ1v) is 8.38. The van der Waals surface area contributed by atoms with Crippen LogP contribution >= 0.6 is 0 Å². The molecule has 16 nitrogen and oxygen atoms in total. The second-order valence-electron chi connectivity index (χ2n) is 1.79. The van der Waals surface area contributed by atoms with Gasteiger partial charge < -0.3 is 0 Å². The van der Waals surface area contributed by atoms with E-state index in [0.29, 0.717) is 0 Å². The zero-order chi connectivity index (χ0) is 18.0. The Balaban J connectivity index is -0.0000000533. The van der Waals surface area contributed by atoms with Gasteiger partial charge in [-0.2, -0.15) is 33.7 Å². The molecule has 21 heavy (non-hydrogen) atoms. The van der Waals surface area contributed by atoms with Crippen LogP contribution in [0, 0.1) is 0 Å². The molecule has 0 rings (SSSR count). The molecule has 0 aromatic rings. The minimum Gasteiger partial charge on any atom is -0.264 e. The summed E-state index contributed by atoms with van der Waals surface area (Å²) in [5.41, 5.74) is 0. The summed E-state index contributed by atoms with van der Waals surface area (Å²) in [7, 11) is -18.7. The Bertz CT molecular complexity index is 473. The molecule has 21 heteroatoms. The lowest BCUT2D eigenvalue weighted by Crippen LogP contribution is -1.89. The highest BCUT2D eigenvalue weighted by molar-refractivity contribution is 7.80. The van der Waals surface area contributed by atoms with Crippen molar-refractivity contribution < 1.29 is 70.1 Å². The minimum atomic E-state index is -4.67. The predicted octanol–water partition coefficient (Wildman–Crippen LogP) is -4.06. The van der Waals surface area contributed by atoms with Gasteiger partial charge in [-0.05, 0) is 11.0 Å². The molecule has 0 aliphatic carbocycles. The maximum atomic E-state index is 8.74. The van der Waals surface area contributed by atoms with Gasteiger partial charge in [0.1, 0.15) is 0 Å². The standard InChI is InChI=1S/4H2O4S.H4Si/c4*1-5(2,3)4;/h4*(H2,1,2,3,4);1H4. The second kappa shape index (κ2) is 12.3. The molecule has 0 saturated heterocycles. The summed E-state index contributed by atoms with van der Waals surface area (Å²) in [6, 6.07) is 0. The Morgan fingerprint density at radius 2 is 0.333 bits per heavy atom. The molecule has 0 amide bonds. The Morgan fingerprint density at radius 1 is 0.333 bits per heavy atom. The van der Waals surface area contributed by atoms with Crippen LogP contribution in [0.15, 0.2) is 0 Å². The van der Waals surface area contributed by atoms with E-state index in [1.807, 2.05) is 0 Å². The monoisotopic (exact) mass is 424 g/mol. The van der Waals surface area contributed by atoms with E-state index in [9.17, 15) is 0 Å². The molecule has 0 fully saturated rings. The van der Waals surface area contributed by atoms with E-state index in [2.05, 4.69) is 0 Å². The van der Waals surface area contributed by atoms with Crippen LogP contribution in [0.3, 0.4) is 0 Å². The Labute approximate surface area is 123 Å². The SMILES string of the molecule is O=S(=O)(O)O.O=S(=O)(O)O.O=S(=O)(O)O.O=S(=O)(O)O.[SiH4]. The van der Waals surface area contributed by atoms with Crippen molar-refractivity contribution in [1.29, 1.82) is 0 Å². The molecule has 0 spiro atoms. The fourth-order valence-electron chi connectivity index (χ4n) is 0. The van der Waals surface area contributed by atoms with Crippen LogP contribution in [0.4, 0.5) is 0 Å². The lowest BCUT2D eigenvalue weighted by Gasteiger charge is -1.68. The van der Waals surface area contributed by atoms with Gasteiger partial charge in [0, 0.05) is 0 Å². The summed E-state index contributed by atoms with van der Waals surface area (Å²) in [6.07, 6.45) is 0. The van der Waals surface area contributed by atoms with Crippen molar-refractivity contribution in [3.63, 3.8) is 0 Å². The van der Waals surface area contributed by atoms with Crippen LogP contribution in [0.1, 0.15) is 0 Å². The maximum Gasteiger partial charge on any atom is 0.394 e. The summed E-state index contributed by atoms with van der Waals surface area (Å²) in [5.74, 6) is 0. The van der Waals surface area contributed by atoms with E-state index in [0.717, 1.165) is 0 Å². The normalized spacial score (nSPS) is 11.0. The summed E-state index contributed by atoms with van der Waals surface area (Å²) < 4.78 is 126. The van der Waals surface area contributed by atoms with Crippen molar-refractivity contribution in [2.45, 2.75) is 0 Å². The zero-order valence-corrected chi connectivity index (χ0v) is 11.7. The Kier molecular flexibility index (Phi) is 19.0. The summed E-state index contributed by atoms with van der Waals surface area (Å²) in [4.78, 5) is 0. The van der Waals surface area contributed by atoms with Crippen molar-refractivity contribution in [3.05, 3.63) is 0 Å². The van der Waals surface area contributed by atoms with Crippen molar-refractivity contribution in [3.8, 4) is 0 Å². The lowest BCUT2D eigenvalue weighted by atomic mass is 15.8. The van der Waals surface area contributed by atoms with Crippen molar-refractivity contribution in [2.24, 2.45) is 0 Å². The molecule has 0 saturated carbocycles. The van der Waals surface area contributed by atoms with Gasteiger partial charge in [0.15, 0.2) is 0 Å². The van der Waals surface area contributed by atoms with Gasteiger partial charge in [0.25, 0.3) is 0 Å². The molecule has 0 aliphatic rings. The van der Waals surface area contributed by atoms with Gasteiger partial charge in [-0.3, -0.25) is 36.4 Å². The molecule has 0 heterocycles. The highest BCUT2D eigenvalue weighted by atomic mass is 32.3. The lowest BCUT2D eigenvalue weighted by molar-refractivity contribution is 0.378. The highest BCUT2D eigenvalue weighted by Gasteiger charge is 1.86. The largest absolute Gasteiger partial charge is 0.394 e. The zero-order valence-electron chi connectivity index (χ0n) is 8.48. The predicted molar refractivity (Wildman–Crippen MR) is 68.0 cm³/mol. The average molecular weight is 424 g/mol. The Hall–Kier alpha value is -0.303. The molecule has 136 valence electrons. The smallest absolute Gasteiger partial charge is 0.264 e. The third-order valence-corrected chi connectivity index (χ3v) is 0. The van der Waals surface area contributed by atoms with Gasteiger partial charge in [-0.1, -0.05) is 0 Å². The van der Waals surface area contributed by atoms with Gasteiger partial charge in [0.2, 0.25) is 0 Å². The first-order chi connectivity index (χ1) is 8.00. The molecular weight excluding hydrogens is 412 g/mol. The molecular formula is H12O16S4Si. The summed E-state index contributed by atoms with van der Waals surface area (Å²) in [6.45, 7) is 0. The minimum absolute atomic E-state index is 0. The summed E-state index contributed by atoms with van der Waals surface area (Å²) >= 11 is 0. The third-order valence-electron chi connectivity index (χ3n) is 0. The molecule has 0 aromatic carbocycles. The van der Waals surface area contributed by atoms with E-state index in [4.69, 9.17) is 70.1 Å². The first kappa shape index (κ1) is 32.6. The van der Waals surface area contributed by atoms with E-state index in [1.54, 1.807) is 0 Å². The van der Waals surface area contributed by atoms with Crippen LogP contribution in [-0.4, -0.2) is 81.1 Å². The van der Waals surface area contributed by atoms with Gasteiger partial charge in [-0.25, -0.2) is 0 Å². The molecule has 0 bridgehead atoms. The van der Waals surface area contributed by atoms with Gasteiger partial charge in [-0.15, -0.1) is 0 Å². The Morgan fingerprint density at radius 3 is 0.333 bits per heavy atom. The van der Waals surface area contributed by atoms with Crippen LogP contribution in [-0.2, 0) is 41.6 Å². The van der Waals surface area contributed by atoms with Crippen LogP contribution in [0.2, 0.25) is 0 Å². The van der Waals surface area contributed by atoms with E-state index in [1.165, 1.54) is 0 Å². The summed E-state index contributed by atoms with van der Waals surface area (Å²) in [5, 5.41) is 0. The fourth-order valence-corrected chi connectivity index (χ4v) is 0. The van der Waals surface area contributed by atoms with E-state index >= 15 is 0 Å². The molecule has 0 aliphatic heterocycles. The molecule has 8 N–H and O–H groups in total. The molecule has 0 atom stereocenters. The number of hydrogen-bond acceptors (Lipinski definition) is 8. The van der Waals surface area contributed by atoms with Gasteiger partial charge >= 0.3 is 41.6 Å². The highest BCUT2D eigenvalue weighted by Crippen LogP contribution is 1.60. The maximum absolute atomic E-state index is 8.74. The van der Waals surface area contributed by atoms with E-state index in [-0.39, 0.29) is 11.0 Å². The van der Waals surface area contributed by atoms with Crippen molar-refractivity contribution in [2.75, 3.05) is 0 Å². The second-order valence-corrected chi connectivity index (χ2v) is 5.37. The quantitative estimate of drug-likeness (QED) is 0.135. The molecule has 0 unspecified atom stereocenters. The van der Waals surface area contributed by atoms with Gasteiger partial charge in [0.05, 0.1) is 0 Å². The van der Waals surface area contributed by atoms with E-state index < -0.39 is 41.6 Å². The van der Waals surface area contributed by atoms with Crippen LogP contribution < -0.4 is 0 Å². The fraction of sp³-hybridized carbons (Fsp3) is 0. The molecule has 0 radical (unpaired) electrons. The van der Waals surface area contributed by atoms with Crippen molar-refractivity contribution >= 4 is 52.6 Å². The first-order valence-electron chi connectivity index (χ1n) is 2.79. The topological polar surface area (TPSA) is 298 Å². The number of hydrogen-bond donors (Lipinski definition) is 8. The van der Waals surface area contributed by atoms with Crippen LogP contribution in [0.5, 0.6) is 0 Å². The number of rotatable bonds is 0. The van der Waals surface area contributed by atoms with Crippen molar-refractivity contribution in [1.82, 2.24) is 0 Å². The molecule has 0 aromatic heterocycles. The third kappa shape index (κ3) is 67100.